The van der Waals surface area contributed by atoms with E-state index in [1.165, 1.54) is 22.3 Å². The zero-order valence-electron chi connectivity index (χ0n) is 13.2. The Morgan fingerprint density at radius 1 is 1.00 bits per heavy atom. The highest BCUT2D eigenvalue weighted by Crippen LogP contribution is 2.27. The average molecular weight is 325 g/mol. The smallest absolute Gasteiger partial charge is 0.257 e. The van der Waals surface area contributed by atoms with Crippen LogP contribution in [0, 0.1) is 13.8 Å². The predicted octanol–water partition coefficient (Wildman–Crippen LogP) is 2.84. The van der Waals surface area contributed by atoms with E-state index >= 15 is 0 Å². The van der Waals surface area contributed by atoms with E-state index in [4.69, 9.17) is 12.2 Å². The van der Waals surface area contributed by atoms with E-state index in [-0.39, 0.29) is 5.91 Å². The first-order valence-electron chi connectivity index (χ1n) is 7.54. The van der Waals surface area contributed by atoms with Gasteiger partial charge in [-0.1, -0.05) is 30.3 Å². The molecule has 1 aliphatic heterocycles. The second-order valence-electron chi connectivity index (χ2n) is 5.77. The molecule has 2 N–H and O–H groups in total. The van der Waals surface area contributed by atoms with Crippen LogP contribution < -0.4 is 10.7 Å². The molecule has 3 rings (SSSR count). The third-order valence-electron chi connectivity index (χ3n) is 4.12. The summed E-state index contributed by atoms with van der Waals surface area (Å²) < 4.78 is 0. The molecule has 5 heteroatoms. The summed E-state index contributed by atoms with van der Waals surface area (Å²) >= 11 is 5.26. The van der Waals surface area contributed by atoms with Crippen molar-refractivity contribution in [2.24, 2.45) is 0 Å². The van der Waals surface area contributed by atoms with Crippen LogP contribution in [0.3, 0.4) is 0 Å². The number of hydrogen-bond acceptors (Lipinski definition) is 3. The van der Waals surface area contributed by atoms with Gasteiger partial charge in [-0.2, -0.15) is 0 Å². The van der Waals surface area contributed by atoms with Crippen LogP contribution >= 0.6 is 12.2 Å². The maximum Gasteiger partial charge on any atom is 0.257 e. The Kier molecular flexibility index (Phi) is 4.41. The first-order chi connectivity index (χ1) is 11.0. The Balaban J connectivity index is 1.61. The van der Waals surface area contributed by atoms with Crippen LogP contribution in [0.25, 0.3) is 0 Å². The number of fused-ring (bicyclic) bond motifs is 1. The highest BCUT2D eigenvalue weighted by Gasteiger charge is 2.23. The predicted molar refractivity (Wildman–Crippen MR) is 94.8 cm³/mol. The third kappa shape index (κ3) is 3.41. The molecule has 0 aliphatic carbocycles. The number of carbonyl (C=O) groups is 1. The van der Waals surface area contributed by atoms with Crippen molar-refractivity contribution in [2.45, 2.75) is 26.9 Å². The van der Waals surface area contributed by atoms with E-state index < -0.39 is 0 Å². The van der Waals surface area contributed by atoms with E-state index in [9.17, 15) is 4.79 Å². The molecule has 0 unspecified atom stereocenters. The third-order valence-corrected chi connectivity index (χ3v) is 4.31. The van der Waals surface area contributed by atoms with Gasteiger partial charge in [0.1, 0.15) is 0 Å². The van der Waals surface area contributed by atoms with Crippen LogP contribution in [0.2, 0.25) is 0 Å². The number of nitrogens with one attached hydrogen (secondary N) is 2. The summed E-state index contributed by atoms with van der Waals surface area (Å²) in [6.07, 6.45) is 0. The van der Waals surface area contributed by atoms with Crippen molar-refractivity contribution in [1.82, 2.24) is 15.8 Å². The highest BCUT2D eigenvalue weighted by atomic mass is 32.1. The Hall–Kier alpha value is -2.24. The average Bonchev–Trinajstić information content (AvgIpc) is 2.96. The van der Waals surface area contributed by atoms with Gasteiger partial charge < -0.3 is 0 Å². The number of hydrogen-bond donors (Lipinski definition) is 2. The standard InChI is InChI=1S/C18H19N3OS/c1-12-8-9-13(2)16-11-21(10-15(12)16)20-18(23)19-17(22)14-6-4-3-5-7-14/h3-9H,10-11H2,1-2H3,(H2,19,20,22,23). The van der Waals surface area contributed by atoms with Gasteiger partial charge in [0.25, 0.3) is 5.91 Å². The summed E-state index contributed by atoms with van der Waals surface area (Å²) in [6.45, 7) is 5.81. The molecule has 2 aromatic rings. The maximum atomic E-state index is 12.1. The zero-order valence-corrected chi connectivity index (χ0v) is 14.0. The Morgan fingerprint density at radius 3 is 2.13 bits per heavy atom. The van der Waals surface area contributed by atoms with Crippen LogP contribution in [-0.2, 0) is 13.1 Å². The first kappa shape index (κ1) is 15.6. The molecule has 0 saturated heterocycles. The Bertz CT molecular complexity index is 727. The van der Waals surface area contributed by atoms with Gasteiger partial charge in [0.15, 0.2) is 5.11 Å². The molecule has 4 nitrogen and oxygen atoms in total. The number of rotatable bonds is 2. The maximum absolute atomic E-state index is 12.1. The van der Waals surface area contributed by atoms with E-state index in [2.05, 4.69) is 36.7 Å². The summed E-state index contributed by atoms with van der Waals surface area (Å²) in [6, 6.07) is 13.3. The van der Waals surface area contributed by atoms with Gasteiger partial charge in [-0.3, -0.25) is 15.5 Å². The van der Waals surface area contributed by atoms with Crippen molar-refractivity contribution in [2.75, 3.05) is 0 Å². The molecule has 2 aromatic carbocycles. The van der Waals surface area contributed by atoms with Crippen LogP contribution in [0.15, 0.2) is 42.5 Å². The SMILES string of the molecule is Cc1ccc(C)c2c1CN(NC(=S)NC(=O)c1ccccc1)C2. The Labute approximate surface area is 141 Å². The lowest BCUT2D eigenvalue weighted by molar-refractivity contribution is 0.0973. The lowest BCUT2D eigenvalue weighted by Crippen LogP contribution is -2.46. The number of benzene rings is 2. The molecule has 0 spiro atoms. The molecule has 0 atom stereocenters. The molecular weight excluding hydrogens is 306 g/mol. The van der Waals surface area contributed by atoms with Gasteiger partial charge in [-0.25, -0.2) is 5.01 Å². The van der Waals surface area contributed by atoms with Gasteiger partial charge in [-0.15, -0.1) is 0 Å². The molecular formula is C18H19N3OS. The fourth-order valence-corrected chi connectivity index (χ4v) is 3.04. The molecule has 1 heterocycles. The van der Waals surface area contributed by atoms with Crippen molar-refractivity contribution >= 4 is 23.2 Å². The second-order valence-corrected chi connectivity index (χ2v) is 6.18. The van der Waals surface area contributed by atoms with Crippen LogP contribution in [0.5, 0.6) is 0 Å². The van der Waals surface area contributed by atoms with Crippen molar-refractivity contribution in [3.8, 4) is 0 Å². The van der Waals surface area contributed by atoms with Crippen LogP contribution in [0.4, 0.5) is 0 Å². The van der Waals surface area contributed by atoms with Gasteiger partial charge >= 0.3 is 0 Å². The number of carbonyl (C=O) groups excluding carboxylic acids is 1. The van der Waals surface area contributed by atoms with Gasteiger partial charge in [0.2, 0.25) is 0 Å². The molecule has 0 aromatic heterocycles. The molecule has 0 saturated carbocycles. The van der Waals surface area contributed by atoms with E-state index in [0.29, 0.717) is 10.7 Å². The van der Waals surface area contributed by atoms with E-state index in [1.807, 2.05) is 23.2 Å². The van der Waals surface area contributed by atoms with Gasteiger partial charge in [-0.05, 0) is 60.5 Å². The zero-order chi connectivity index (χ0) is 16.4. The molecule has 118 valence electrons. The van der Waals surface area contributed by atoms with Crippen molar-refractivity contribution < 1.29 is 4.79 Å². The first-order valence-corrected chi connectivity index (χ1v) is 7.95. The number of hydrazine groups is 1. The van der Waals surface area contributed by atoms with Gasteiger partial charge in [0, 0.05) is 18.7 Å². The number of amides is 1. The summed E-state index contributed by atoms with van der Waals surface area (Å²) in [4.78, 5) is 12.1. The van der Waals surface area contributed by atoms with Crippen LogP contribution in [-0.4, -0.2) is 16.0 Å². The second kappa shape index (κ2) is 6.48. The molecule has 0 radical (unpaired) electrons. The fraction of sp³-hybridized carbons (Fsp3) is 0.222. The number of nitrogens with zero attached hydrogens (tertiary/aromatic N) is 1. The molecule has 0 fully saturated rings. The summed E-state index contributed by atoms with van der Waals surface area (Å²) in [7, 11) is 0. The minimum absolute atomic E-state index is 0.202. The van der Waals surface area contributed by atoms with Crippen LogP contribution in [0.1, 0.15) is 32.6 Å². The molecule has 23 heavy (non-hydrogen) atoms. The summed E-state index contributed by atoms with van der Waals surface area (Å²) in [5, 5.41) is 5.07. The number of thiocarbonyl (C=S) groups is 1. The largest absolute Gasteiger partial charge is 0.298 e. The molecule has 1 aliphatic rings. The van der Waals surface area contributed by atoms with Crippen molar-refractivity contribution in [3.63, 3.8) is 0 Å². The minimum Gasteiger partial charge on any atom is -0.298 e. The van der Waals surface area contributed by atoms with Crippen molar-refractivity contribution in [1.29, 1.82) is 0 Å². The normalized spacial score (nSPS) is 13.5. The van der Waals surface area contributed by atoms with Gasteiger partial charge in [0.05, 0.1) is 0 Å². The topological polar surface area (TPSA) is 44.4 Å². The van der Waals surface area contributed by atoms with E-state index in [1.54, 1.807) is 12.1 Å². The number of aryl methyl sites for hydroxylation is 2. The Morgan fingerprint density at radius 2 is 1.57 bits per heavy atom. The quantitative estimate of drug-likeness (QED) is 0.834. The minimum atomic E-state index is -0.202. The fourth-order valence-electron chi connectivity index (χ4n) is 2.82. The molecule has 1 amide bonds. The monoisotopic (exact) mass is 325 g/mol. The summed E-state index contributed by atoms with van der Waals surface area (Å²) in [5.74, 6) is -0.202. The lowest BCUT2D eigenvalue weighted by Gasteiger charge is -2.19. The highest BCUT2D eigenvalue weighted by molar-refractivity contribution is 7.80. The summed E-state index contributed by atoms with van der Waals surface area (Å²) in [5.41, 5.74) is 8.96. The van der Waals surface area contributed by atoms with E-state index in [0.717, 1.165) is 13.1 Å². The molecule has 0 bridgehead atoms. The van der Waals surface area contributed by atoms with Crippen molar-refractivity contribution in [3.05, 3.63) is 70.3 Å². The lowest BCUT2D eigenvalue weighted by atomic mass is 10.0.